The average molecular weight is 316 g/mol. The van der Waals surface area contributed by atoms with E-state index in [4.69, 9.17) is 0 Å². The van der Waals surface area contributed by atoms with E-state index in [1.54, 1.807) is 11.7 Å². The Morgan fingerprint density at radius 1 is 1.48 bits per heavy atom. The van der Waals surface area contributed by atoms with Gasteiger partial charge in [0.05, 0.1) is 11.6 Å². The summed E-state index contributed by atoms with van der Waals surface area (Å²) in [5.74, 6) is -0.166. The van der Waals surface area contributed by atoms with Gasteiger partial charge in [-0.25, -0.2) is 0 Å². The van der Waals surface area contributed by atoms with Crippen LogP contribution in [0.25, 0.3) is 11.0 Å². The molecule has 0 aromatic carbocycles. The third-order valence-corrected chi connectivity index (χ3v) is 5.34. The minimum Gasteiger partial charge on any atom is -0.345 e. The highest BCUT2D eigenvalue weighted by atomic mass is 16.2. The summed E-state index contributed by atoms with van der Waals surface area (Å²) in [5.41, 5.74) is 0.664. The number of carbonyl (C=O) groups excluding carboxylic acids is 1. The standard InChI is InChI=1S/C17H24N4O2/c1-5-17(2,3)13-7-6-8-21(13)16(23)12-9-18-15-11(14(12)22)10-19-20(15)4/h9-10,13H,5-8H2,1-4H3,(H,18,22)/t13-/m0/s1. The molecule has 2 aromatic heterocycles. The van der Waals surface area contributed by atoms with Crippen LogP contribution in [-0.2, 0) is 7.05 Å². The predicted molar refractivity (Wildman–Crippen MR) is 89.5 cm³/mol. The lowest BCUT2D eigenvalue weighted by molar-refractivity contribution is 0.0594. The van der Waals surface area contributed by atoms with Crippen LogP contribution < -0.4 is 5.43 Å². The van der Waals surface area contributed by atoms with Crippen LogP contribution >= 0.6 is 0 Å². The number of H-pyrrole nitrogens is 1. The van der Waals surface area contributed by atoms with Crippen molar-refractivity contribution >= 4 is 16.9 Å². The van der Waals surface area contributed by atoms with Crippen molar-refractivity contribution in [1.29, 1.82) is 0 Å². The fourth-order valence-corrected chi connectivity index (χ4v) is 3.50. The molecular formula is C17H24N4O2. The van der Waals surface area contributed by atoms with Crippen LogP contribution in [0.1, 0.15) is 50.4 Å². The molecular weight excluding hydrogens is 292 g/mol. The second-order valence-corrected chi connectivity index (χ2v) is 7.06. The molecule has 1 saturated heterocycles. The monoisotopic (exact) mass is 316 g/mol. The summed E-state index contributed by atoms with van der Waals surface area (Å²) in [6.07, 6.45) is 6.04. The van der Waals surface area contributed by atoms with Crippen LogP contribution in [0, 0.1) is 5.41 Å². The van der Waals surface area contributed by atoms with Gasteiger partial charge < -0.3 is 9.88 Å². The van der Waals surface area contributed by atoms with Crippen molar-refractivity contribution in [1.82, 2.24) is 19.7 Å². The Bertz CT molecular complexity index is 803. The summed E-state index contributed by atoms with van der Waals surface area (Å²) in [6.45, 7) is 7.25. The van der Waals surface area contributed by atoms with E-state index in [1.165, 1.54) is 12.4 Å². The summed E-state index contributed by atoms with van der Waals surface area (Å²) in [7, 11) is 1.76. The maximum absolute atomic E-state index is 13.0. The molecule has 1 atom stereocenters. The number of fused-ring (bicyclic) bond motifs is 1. The van der Waals surface area contributed by atoms with Gasteiger partial charge >= 0.3 is 0 Å². The third-order valence-electron chi connectivity index (χ3n) is 5.34. The number of carbonyl (C=O) groups is 1. The molecule has 1 N–H and O–H groups in total. The number of aryl methyl sites for hydroxylation is 1. The first-order valence-electron chi connectivity index (χ1n) is 8.21. The summed E-state index contributed by atoms with van der Waals surface area (Å²) in [5, 5.41) is 4.54. The molecule has 0 aliphatic carbocycles. The van der Waals surface area contributed by atoms with Crippen molar-refractivity contribution in [3.8, 4) is 0 Å². The van der Waals surface area contributed by atoms with Crippen LogP contribution in [0.15, 0.2) is 17.2 Å². The van der Waals surface area contributed by atoms with Crippen LogP contribution in [0.4, 0.5) is 0 Å². The number of hydrogen-bond acceptors (Lipinski definition) is 3. The molecule has 0 saturated carbocycles. The van der Waals surface area contributed by atoms with Gasteiger partial charge in [-0.2, -0.15) is 5.10 Å². The number of aromatic amines is 1. The maximum atomic E-state index is 13.0. The molecule has 124 valence electrons. The Hall–Kier alpha value is -2.11. The highest BCUT2D eigenvalue weighted by molar-refractivity contribution is 5.97. The van der Waals surface area contributed by atoms with Gasteiger partial charge in [-0.15, -0.1) is 0 Å². The maximum Gasteiger partial charge on any atom is 0.259 e. The lowest BCUT2D eigenvalue weighted by Crippen LogP contribution is -2.45. The molecule has 6 nitrogen and oxygen atoms in total. The van der Waals surface area contributed by atoms with Crippen molar-refractivity contribution in [3.05, 3.63) is 28.2 Å². The van der Waals surface area contributed by atoms with Crippen molar-refractivity contribution in [2.45, 2.75) is 46.1 Å². The van der Waals surface area contributed by atoms with Crippen LogP contribution in [0.2, 0.25) is 0 Å². The van der Waals surface area contributed by atoms with Gasteiger partial charge in [0.2, 0.25) is 5.43 Å². The molecule has 0 bridgehead atoms. The number of nitrogens with zero attached hydrogens (tertiary/aromatic N) is 3. The number of aromatic nitrogens is 3. The molecule has 3 rings (SSSR count). The lowest BCUT2D eigenvalue weighted by Gasteiger charge is -2.37. The van der Waals surface area contributed by atoms with Crippen molar-refractivity contribution in [2.24, 2.45) is 12.5 Å². The van der Waals surface area contributed by atoms with Crippen LogP contribution in [0.3, 0.4) is 0 Å². The second-order valence-electron chi connectivity index (χ2n) is 7.06. The van der Waals surface area contributed by atoms with E-state index in [-0.39, 0.29) is 28.4 Å². The summed E-state index contributed by atoms with van der Waals surface area (Å²) >= 11 is 0. The fourth-order valence-electron chi connectivity index (χ4n) is 3.50. The molecule has 1 aliphatic heterocycles. The second kappa shape index (κ2) is 5.51. The van der Waals surface area contributed by atoms with Gasteiger partial charge in [0.25, 0.3) is 5.91 Å². The first-order valence-corrected chi connectivity index (χ1v) is 8.21. The number of rotatable bonds is 3. The van der Waals surface area contributed by atoms with E-state index in [2.05, 4.69) is 30.9 Å². The van der Waals surface area contributed by atoms with Gasteiger partial charge in [-0.05, 0) is 24.7 Å². The van der Waals surface area contributed by atoms with Gasteiger partial charge in [-0.3, -0.25) is 14.3 Å². The zero-order chi connectivity index (χ0) is 16.8. The van der Waals surface area contributed by atoms with Crippen molar-refractivity contribution in [2.75, 3.05) is 6.54 Å². The molecule has 2 aromatic rings. The van der Waals surface area contributed by atoms with Gasteiger partial charge in [-0.1, -0.05) is 20.8 Å². The molecule has 1 aliphatic rings. The molecule has 0 radical (unpaired) electrons. The Morgan fingerprint density at radius 3 is 2.91 bits per heavy atom. The van der Waals surface area contributed by atoms with E-state index in [0.717, 1.165) is 25.8 Å². The van der Waals surface area contributed by atoms with Gasteiger partial charge in [0.1, 0.15) is 11.2 Å². The van der Waals surface area contributed by atoms with E-state index < -0.39 is 0 Å². The first kappa shape index (κ1) is 15.8. The zero-order valence-corrected chi connectivity index (χ0v) is 14.2. The normalized spacial score (nSPS) is 18.8. The van der Waals surface area contributed by atoms with Gasteiger partial charge in [0, 0.05) is 25.8 Å². The Morgan fingerprint density at radius 2 is 2.22 bits per heavy atom. The Kier molecular flexibility index (Phi) is 3.78. The summed E-state index contributed by atoms with van der Waals surface area (Å²) < 4.78 is 1.60. The summed E-state index contributed by atoms with van der Waals surface area (Å²) in [4.78, 5) is 30.5. The van der Waals surface area contributed by atoms with Crippen LogP contribution in [-0.4, -0.2) is 38.2 Å². The molecule has 6 heteroatoms. The fraction of sp³-hybridized carbons (Fsp3) is 0.588. The Balaban J connectivity index is 2.00. The third kappa shape index (κ3) is 2.46. The van der Waals surface area contributed by atoms with E-state index in [9.17, 15) is 9.59 Å². The van der Waals surface area contributed by atoms with Crippen LogP contribution in [0.5, 0.6) is 0 Å². The first-order chi connectivity index (χ1) is 10.9. The minimum absolute atomic E-state index is 0.0529. The number of nitrogens with one attached hydrogen (secondary N) is 1. The topological polar surface area (TPSA) is 71.0 Å². The predicted octanol–water partition coefficient (Wildman–Crippen LogP) is 2.30. The quantitative estimate of drug-likeness (QED) is 0.944. The molecule has 0 unspecified atom stereocenters. The largest absolute Gasteiger partial charge is 0.345 e. The molecule has 23 heavy (non-hydrogen) atoms. The lowest BCUT2D eigenvalue weighted by atomic mass is 9.80. The molecule has 1 amide bonds. The summed E-state index contributed by atoms with van der Waals surface area (Å²) in [6, 6.07) is 0.184. The van der Waals surface area contributed by atoms with Gasteiger partial charge in [0.15, 0.2) is 0 Å². The SMILES string of the molecule is CCC(C)(C)[C@@H]1CCCN1C(=O)c1c[nH]c2c(cnn2C)c1=O. The number of likely N-dealkylation sites (tertiary alicyclic amines) is 1. The van der Waals surface area contributed by atoms with Crippen molar-refractivity contribution in [3.63, 3.8) is 0 Å². The molecule has 0 spiro atoms. The van der Waals surface area contributed by atoms with Crippen molar-refractivity contribution < 1.29 is 4.79 Å². The Labute approximate surface area is 135 Å². The average Bonchev–Trinajstić information content (AvgIpc) is 3.15. The number of amides is 1. The zero-order valence-electron chi connectivity index (χ0n) is 14.2. The smallest absolute Gasteiger partial charge is 0.259 e. The van der Waals surface area contributed by atoms with E-state index in [1.807, 2.05) is 4.90 Å². The molecule has 3 heterocycles. The van der Waals surface area contributed by atoms with E-state index in [0.29, 0.717) is 11.0 Å². The van der Waals surface area contributed by atoms with E-state index >= 15 is 0 Å². The highest BCUT2D eigenvalue weighted by Gasteiger charge is 2.39. The number of pyridine rings is 1. The molecule has 1 fully saturated rings. The minimum atomic E-state index is -0.239. The highest BCUT2D eigenvalue weighted by Crippen LogP contribution is 2.36. The number of hydrogen-bond donors (Lipinski definition) is 1.